The van der Waals surface area contributed by atoms with E-state index >= 15 is 0 Å². The largest absolute Gasteiger partial charge is 0.495 e. The summed E-state index contributed by atoms with van der Waals surface area (Å²) in [4.78, 5) is 31.6. The average molecular weight is 398 g/mol. The van der Waals surface area contributed by atoms with Gasteiger partial charge < -0.3 is 20.1 Å². The van der Waals surface area contributed by atoms with Gasteiger partial charge in [0.1, 0.15) is 5.75 Å². The number of morpholine rings is 1. The molecule has 0 radical (unpaired) electrons. The van der Waals surface area contributed by atoms with Crippen molar-refractivity contribution in [2.24, 2.45) is 0 Å². The van der Waals surface area contributed by atoms with Crippen LogP contribution in [-0.2, 0) is 4.74 Å². The number of rotatable bonds is 8. The summed E-state index contributed by atoms with van der Waals surface area (Å²) < 4.78 is 10.7. The predicted octanol–water partition coefficient (Wildman–Crippen LogP) is 1.79. The Balaban J connectivity index is 1.63. The number of hydrogen-bond donors (Lipinski definition) is 2. The van der Waals surface area contributed by atoms with E-state index < -0.39 is 0 Å². The van der Waals surface area contributed by atoms with Crippen molar-refractivity contribution in [3.05, 3.63) is 53.9 Å². The lowest BCUT2D eigenvalue weighted by atomic mass is 10.1. The lowest BCUT2D eigenvalue weighted by Gasteiger charge is -2.26. The third kappa shape index (κ3) is 5.75. The minimum atomic E-state index is -0.357. The van der Waals surface area contributed by atoms with Gasteiger partial charge in [0.2, 0.25) is 0 Å². The van der Waals surface area contributed by atoms with Crippen LogP contribution in [0, 0.1) is 0 Å². The molecule has 1 aliphatic rings. The Kier molecular flexibility index (Phi) is 7.54. The molecule has 0 spiro atoms. The fraction of sp³-hybridized carbons (Fsp3) is 0.381. The van der Waals surface area contributed by atoms with E-state index in [1.807, 2.05) is 0 Å². The first-order valence-electron chi connectivity index (χ1n) is 9.65. The summed E-state index contributed by atoms with van der Waals surface area (Å²) in [5, 5.41) is 5.71. The first-order valence-corrected chi connectivity index (χ1v) is 9.65. The summed E-state index contributed by atoms with van der Waals surface area (Å²) in [7, 11) is 1.50. The van der Waals surface area contributed by atoms with Crippen molar-refractivity contribution in [1.29, 1.82) is 0 Å². The van der Waals surface area contributed by atoms with Gasteiger partial charge in [0.25, 0.3) is 11.8 Å². The van der Waals surface area contributed by atoms with Gasteiger partial charge in [0, 0.05) is 32.0 Å². The second-order valence-electron chi connectivity index (χ2n) is 6.64. The molecular formula is C21H26N4O4. The Labute approximate surface area is 170 Å². The number of benzene rings is 1. The van der Waals surface area contributed by atoms with E-state index in [0.29, 0.717) is 29.1 Å². The van der Waals surface area contributed by atoms with E-state index in [0.717, 1.165) is 39.3 Å². The van der Waals surface area contributed by atoms with Crippen molar-refractivity contribution in [2.45, 2.75) is 6.42 Å². The van der Waals surface area contributed by atoms with Crippen LogP contribution < -0.4 is 15.4 Å². The van der Waals surface area contributed by atoms with Crippen LogP contribution in [-0.4, -0.2) is 68.2 Å². The van der Waals surface area contributed by atoms with Crippen LogP contribution in [0.5, 0.6) is 5.75 Å². The van der Waals surface area contributed by atoms with Crippen LogP contribution in [0.4, 0.5) is 5.69 Å². The van der Waals surface area contributed by atoms with E-state index in [1.54, 1.807) is 36.5 Å². The molecule has 2 amide bonds. The zero-order valence-electron chi connectivity index (χ0n) is 16.5. The Hall–Kier alpha value is -2.97. The standard InChI is InChI=1S/C21H26N4O4/c1-28-18-7-2-6-17(19(18)24-20(26)16-5-3-8-22-15-16)21(27)23-9-4-10-25-11-13-29-14-12-25/h2-3,5-8,15H,4,9-14H2,1H3,(H,23,27)(H,24,26). The second-order valence-corrected chi connectivity index (χ2v) is 6.64. The monoisotopic (exact) mass is 398 g/mol. The molecule has 0 bridgehead atoms. The number of amides is 2. The summed E-state index contributed by atoms with van der Waals surface area (Å²) in [6.45, 7) is 4.82. The molecule has 0 aliphatic carbocycles. The molecule has 0 unspecified atom stereocenters. The topological polar surface area (TPSA) is 92.8 Å². The van der Waals surface area contributed by atoms with Crippen LogP contribution in [0.1, 0.15) is 27.1 Å². The summed E-state index contributed by atoms with van der Waals surface area (Å²) in [6, 6.07) is 8.43. The normalized spacial score (nSPS) is 14.2. The Morgan fingerprint density at radius 2 is 2.00 bits per heavy atom. The molecule has 1 saturated heterocycles. The van der Waals surface area contributed by atoms with Crippen molar-refractivity contribution in [3.8, 4) is 5.75 Å². The minimum absolute atomic E-state index is 0.257. The van der Waals surface area contributed by atoms with E-state index in [4.69, 9.17) is 9.47 Å². The van der Waals surface area contributed by atoms with Gasteiger partial charge in [-0.15, -0.1) is 0 Å². The molecule has 2 heterocycles. The van der Waals surface area contributed by atoms with Crippen molar-refractivity contribution in [1.82, 2.24) is 15.2 Å². The van der Waals surface area contributed by atoms with Crippen LogP contribution >= 0.6 is 0 Å². The summed E-state index contributed by atoms with van der Waals surface area (Å²) in [5.41, 5.74) is 1.10. The Morgan fingerprint density at radius 3 is 2.72 bits per heavy atom. The molecule has 3 rings (SSSR count). The number of carbonyl (C=O) groups excluding carboxylic acids is 2. The molecule has 154 valence electrons. The van der Waals surface area contributed by atoms with Crippen molar-refractivity contribution in [3.63, 3.8) is 0 Å². The zero-order chi connectivity index (χ0) is 20.5. The maximum atomic E-state index is 12.7. The number of para-hydroxylation sites is 1. The lowest BCUT2D eigenvalue weighted by molar-refractivity contribution is 0.0374. The number of anilines is 1. The maximum Gasteiger partial charge on any atom is 0.257 e. The highest BCUT2D eigenvalue weighted by Gasteiger charge is 2.18. The maximum absolute atomic E-state index is 12.7. The number of carbonyl (C=O) groups is 2. The van der Waals surface area contributed by atoms with Crippen molar-refractivity contribution < 1.29 is 19.1 Å². The molecule has 2 aromatic rings. The summed E-state index contributed by atoms with van der Waals surface area (Å²) in [6.07, 6.45) is 3.90. The molecule has 0 atom stereocenters. The van der Waals surface area contributed by atoms with Crippen molar-refractivity contribution >= 4 is 17.5 Å². The van der Waals surface area contributed by atoms with Gasteiger partial charge >= 0.3 is 0 Å². The highest BCUT2D eigenvalue weighted by molar-refractivity contribution is 6.10. The number of nitrogens with one attached hydrogen (secondary N) is 2. The van der Waals surface area contributed by atoms with Crippen LogP contribution in [0.3, 0.4) is 0 Å². The van der Waals surface area contributed by atoms with Gasteiger partial charge in [-0.25, -0.2) is 0 Å². The molecule has 29 heavy (non-hydrogen) atoms. The number of nitrogens with zero attached hydrogens (tertiary/aromatic N) is 2. The van der Waals surface area contributed by atoms with E-state index in [2.05, 4.69) is 20.5 Å². The zero-order valence-corrected chi connectivity index (χ0v) is 16.5. The molecule has 8 heteroatoms. The van der Waals surface area contributed by atoms with E-state index in [1.165, 1.54) is 13.3 Å². The van der Waals surface area contributed by atoms with Gasteiger partial charge in [-0.2, -0.15) is 0 Å². The number of hydrogen-bond acceptors (Lipinski definition) is 6. The first kappa shape index (κ1) is 20.8. The Morgan fingerprint density at radius 1 is 1.17 bits per heavy atom. The minimum Gasteiger partial charge on any atom is -0.495 e. The van der Waals surface area contributed by atoms with Crippen LogP contribution in [0.25, 0.3) is 0 Å². The molecular weight excluding hydrogens is 372 g/mol. The Bertz CT molecular complexity index is 823. The number of aromatic nitrogens is 1. The molecule has 2 N–H and O–H groups in total. The SMILES string of the molecule is COc1cccc(C(=O)NCCCN2CCOCC2)c1NC(=O)c1cccnc1. The fourth-order valence-electron chi connectivity index (χ4n) is 3.13. The molecule has 1 aromatic heterocycles. The van der Waals surface area contributed by atoms with Gasteiger partial charge in [0.05, 0.1) is 37.1 Å². The van der Waals surface area contributed by atoms with Crippen LogP contribution in [0.2, 0.25) is 0 Å². The average Bonchev–Trinajstić information content (AvgIpc) is 2.78. The van der Waals surface area contributed by atoms with Gasteiger partial charge in [0.15, 0.2) is 0 Å². The van der Waals surface area contributed by atoms with Crippen LogP contribution in [0.15, 0.2) is 42.7 Å². The first-order chi connectivity index (χ1) is 14.2. The lowest BCUT2D eigenvalue weighted by Crippen LogP contribution is -2.38. The van der Waals surface area contributed by atoms with Crippen molar-refractivity contribution in [2.75, 3.05) is 51.8 Å². The predicted molar refractivity (Wildman–Crippen MR) is 109 cm³/mol. The molecule has 8 nitrogen and oxygen atoms in total. The molecule has 1 fully saturated rings. The highest BCUT2D eigenvalue weighted by Crippen LogP contribution is 2.29. The third-order valence-electron chi connectivity index (χ3n) is 4.69. The number of ether oxygens (including phenoxy) is 2. The second kappa shape index (κ2) is 10.5. The van der Waals surface area contributed by atoms with Gasteiger partial charge in [-0.1, -0.05) is 6.07 Å². The summed E-state index contributed by atoms with van der Waals surface area (Å²) in [5.74, 6) is -0.195. The smallest absolute Gasteiger partial charge is 0.257 e. The summed E-state index contributed by atoms with van der Waals surface area (Å²) >= 11 is 0. The number of pyridine rings is 1. The quantitative estimate of drug-likeness (QED) is 0.659. The van der Waals surface area contributed by atoms with E-state index in [9.17, 15) is 9.59 Å². The van der Waals surface area contributed by atoms with E-state index in [-0.39, 0.29) is 11.8 Å². The van der Waals surface area contributed by atoms with Gasteiger partial charge in [-0.3, -0.25) is 19.5 Å². The molecule has 1 aromatic carbocycles. The third-order valence-corrected chi connectivity index (χ3v) is 4.69. The highest BCUT2D eigenvalue weighted by atomic mass is 16.5. The fourth-order valence-corrected chi connectivity index (χ4v) is 3.13. The molecule has 1 aliphatic heterocycles. The molecule has 0 saturated carbocycles. The number of methoxy groups -OCH3 is 1. The van der Waals surface area contributed by atoms with Gasteiger partial charge in [-0.05, 0) is 37.2 Å².